The van der Waals surface area contributed by atoms with Gasteiger partial charge in [-0.2, -0.15) is 4.31 Å². The summed E-state index contributed by atoms with van der Waals surface area (Å²) in [7, 11) is 0.137. The molecule has 6 nitrogen and oxygen atoms in total. The Bertz CT molecular complexity index is 949. The summed E-state index contributed by atoms with van der Waals surface area (Å²) in [5.41, 5.74) is 1.48. The normalized spacial score (nSPS) is 16.4. The number of piperidine rings is 1. The largest absolute Gasteiger partial charge is 0.323 e. The van der Waals surface area contributed by atoms with E-state index in [1.54, 1.807) is 25.3 Å². The molecule has 1 heterocycles. The number of hydrogen-bond donors (Lipinski definition) is 1. The average Bonchev–Trinajstić information content (AvgIpc) is 2.73. The molecule has 0 spiro atoms. The van der Waals surface area contributed by atoms with Crippen molar-refractivity contribution < 1.29 is 13.2 Å². The second kappa shape index (κ2) is 9.35. The van der Waals surface area contributed by atoms with Crippen molar-refractivity contribution in [2.75, 3.05) is 32.5 Å². The van der Waals surface area contributed by atoms with Gasteiger partial charge in [-0.15, -0.1) is 0 Å². The Labute approximate surface area is 172 Å². The van der Waals surface area contributed by atoms with Crippen LogP contribution in [0.25, 0.3) is 6.08 Å². The maximum Gasteiger partial charge on any atom is 0.248 e. The van der Waals surface area contributed by atoms with Crippen molar-refractivity contribution in [1.82, 2.24) is 9.21 Å². The number of nitrogens with one attached hydrogen (secondary N) is 1. The predicted octanol–water partition coefficient (Wildman–Crippen LogP) is 3.05. The summed E-state index contributed by atoms with van der Waals surface area (Å²) in [5, 5.41) is 2.75. The van der Waals surface area contributed by atoms with Gasteiger partial charge in [-0.05, 0) is 68.9 Å². The molecule has 29 heavy (non-hydrogen) atoms. The van der Waals surface area contributed by atoms with Crippen molar-refractivity contribution in [3.05, 3.63) is 66.2 Å². The smallest absolute Gasteiger partial charge is 0.248 e. The fourth-order valence-corrected chi connectivity index (χ4v) is 4.77. The number of anilines is 1. The number of nitrogens with zero attached hydrogens (tertiary/aromatic N) is 2. The third-order valence-electron chi connectivity index (χ3n) is 5.23. The van der Waals surface area contributed by atoms with Gasteiger partial charge >= 0.3 is 0 Å². The van der Waals surface area contributed by atoms with E-state index in [4.69, 9.17) is 0 Å². The molecule has 1 amide bonds. The van der Waals surface area contributed by atoms with Crippen LogP contribution in [0.4, 0.5) is 5.69 Å². The Balaban J connectivity index is 1.63. The van der Waals surface area contributed by atoms with Crippen molar-refractivity contribution in [1.29, 1.82) is 0 Å². The molecule has 0 saturated carbocycles. The summed E-state index contributed by atoms with van der Waals surface area (Å²) in [6, 6.07) is 15.9. The summed E-state index contributed by atoms with van der Waals surface area (Å²) in [5.74, 6) is -0.270. The first-order valence-corrected chi connectivity index (χ1v) is 11.1. The number of carbonyl (C=O) groups excluding carboxylic acids is 1. The maximum atomic E-state index is 12.9. The Morgan fingerprint density at radius 1 is 1.07 bits per heavy atom. The molecule has 154 valence electrons. The molecule has 2 aromatic carbocycles. The number of likely N-dealkylation sites (tertiary alicyclic amines) is 1. The number of hydrogen-bond acceptors (Lipinski definition) is 4. The first kappa shape index (κ1) is 21.2. The minimum absolute atomic E-state index is 0.0127. The highest BCUT2D eigenvalue weighted by molar-refractivity contribution is 7.89. The van der Waals surface area contributed by atoms with E-state index in [0.717, 1.165) is 31.5 Å². The van der Waals surface area contributed by atoms with E-state index in [1.165, 1.54) is 22.5 Å². The van der Waals surface area contributed by atoms with Crippen LogP contribution in [0, 0.1) is 0 Å². The van der Waals surface area contributed by atoms with Crippen LogP contribution in [0.1, 0.15) is 18.4 Å². The van der Waals surface area contributed by atoms with E-state index >= 15 is 0 Å². The molecule has 2 aromatic rings. The summed E-state index contributed by atoms with van der Waals surface area (Å²) in [6.45, 7) is 1.79. The molecule has 1 N–H and O–H groups in total. The molecule has 1 fully saturated rings. The van der Waals surface area contributed by atoms with Crippen LogP contribution in [0.2, 0.25) is 0 Å². The van der Waals surface area contributed by atoms with Gasteiger partial charge in [0.15, 0.2) is 0 Å². The second-order valence-corrected chi connectivity index (χ2v) is 9.31. The van der Waals surface area contributed by atoms with Gasteiger partial charge in [-0.25, -0.2) is 8.42 Å². The first-order chi connectivity index (χ1) is 13.9. The van der Waals surface area contributed by atoms with Crippen LogP contribution in [-0.4, -0.2) is 56.8 Å². The van der Waals surface area contributed by atoms with Crippen molar-refractivity contribution in [2.45, 2.75) is 23.8 Å². The van der Waals surface area contributed by atoms with E-state index in [1.807, 2.05) is 37.4 Å². The van der Waals surface area contributed by atoms with Gasteiger partial charge < -0.3 is 10.2 Å². The van der Waals surface area contributed by atoms with Gasteiger partial charge in [0.2, 0.25) is 15.9 Å². The van der Waals surface area contributed by atoms with E-state index in [9.17, 15) is 13.2 Å². The van der Waals surface area contributed by atoms with Crippen LogP contribution in [-0.2, 0) is 14.8 Å². The quantitative estimate of drug-likeness (QED) is 0.739. The summed E-state index contributed by atoms with van der Waals surface area (Å²) in [4.78, 5) is 14.5. The number of benzene rings is 2. The lowest BCUT2D eigenvalue weighted by atomic mass is 10.1. The average molecular weight is 414 g/mol. The highest BCUT2D eigenvalue weighted by atomic mass is 32.2. The highest BCUT2D eigenvalue weighted by Crippen LogP contribution is 2.23. The molecule has 3 rings (SSSR count). The van der Waals surface area contributed by atoms with Crippen LogP contribution in [0.5, 0.6) is 0 Å². The summed E-state index contributed by atoms with van der Waals surface area (Å²) < 4.78 is 27.3. The zero-order valence-corrected chi connectivity index (χ0v) is 17.6. The Morgan fingerprint density at radius 3 is 2.31 bits per heavy atom. The molecule has 0 atom stereocenters. The topological polar surface area (TPSA) is 69.7 Å². The third-order valence-corrected chi connectivity index (χ3v) is 7.15. The van der Waals surface area contributed by atoms with E-state index in [-0.39, 0.29) is 16.8 Å². The monoisotopic (exact) mass is 413 g/mol. The third kappa shape index (κ3) is 5.53. The fraction of sp³-hybridized carbons (Fsp3) is 0.318. The maximum absolute atomic E-state index is 12.9. The number of sulfonamides is 1. The Morgan fingerprint density at radius 2 is 1.69 bits per heavy atom. The highest BCUT2D eigenvalue weighted by Gasteiger charge is 2.30. The number of rotatable bonds is 6. The minimum Gasteiger partial charge on any atom is -0.323 e. The molecule has 1 aliphatic heterocycles. The fourth-order valence-electron chi connectivity index (χ4n) is 3.35. The Hall–Kier alpha value is -2.48. The lowest BCUT2D eigenvalue weighted by Gasteiger charge is -2.34. The molecule has 0 unspecified atom stereocenters. The summed E-state index contributed by atoms with van der Waals surface area (Å²) in [6.07, 6.45) is 4.83. The van der Waals surface area contributed by atoms with Crippen LogP contribution < -0.4 is 5.32 Å². The van der Waals surface area contributed by atoms with Crippen LogP contribution >= 0.6 is 0 Å². The van der Waals surface area contributed by atoms with Crippen molar-refractivity contribution >= 4 is 27.7 Å². The zero-order chi connectivity index (χ0) is 20.9. The second-order valence-electron chi connectivity index (χ2n) is 7.31. The van der Waals surface area contributed by atoms with Gasteiger partial charge in [0.1, 0.15) is 0 Å². The molecule has 0 aromatic heterocycles. The SMILES string of the molecule is CN1CCC(N(C)S(=O)(=O)c2ccc(NC(=O)/C=C/c3ccccc3)cc2)CC1. The van der Waals surface area contributed by atoms with Crippen molar-refractivity contribution in [3.8, 4) is 0 Å². The molecule has 1 aliphatic rings. The molecular formula is C22H27N3O3S. The Kier molecular flexibility index (Phi) is 6.84. The lowest BCUT2D eigenvalue weighted by Crippen LogP contribution is -2.44. The minimum atomic E-state index is -3.56. The van der Waals surface area contributed by atoms with Crippen molar-refractivity contribution in [3.63, 3.8) is 0 Å². The van der Waals surface area contributed by atoms with E-state index in [2.05, 4.69) is 10.2 Å². The number of carbonyl (C=O) groups is 1. The van der Waals surface area contributed by atoms with Gasteiger partial charge in [-0.3, -0.25) is 4.79 Å². The number of amides is 1. The molecule has 0 aliphatic carbocycles. The summed E-state index contributed by atoms with van der Waals surface area (Å²) >= 11 is 0. The van der Waals surface area contributed by atoms with E-state index in [0.29, 0.717) is 5.69 Å². The molecule has 7 heteroatoms. The molecule has 0 bridgehead atoms. The van der Waals surface area contributed by atoms with Gasteiger partial charge in [-0.1, -0.05) is 30.3 Å². The zero-order valence-electron chi connectivity index (χ0n) is 16.8. The van der Waals surface area contributed by atoms with Gasteiger partial charge in [0, 0.05) is 24.9 Å². The van der Waals surface area contributed by atoms with Crippen LogP contribution in [0.15, 0.2) is 65.6 Å². The lowest BCUT2D eigenvalue weighted by molar-refractivity contribution is -0.111. The molecule has 1 saturated heterocycles. The molecule has 0 radical (unpaired) electrons. The van der Waals surface area contributed by atoms with Gasteiger partial charge in [0.25, 0.3) is 0 Å². The van der Waals surface area contributed by atoms with Gasteiger partial charge in [0.05, 0.1) is 4.90 Å². The van der Waals surface area contributed by atoms with Crippen LogP contribution in [0.3, 0.4) is 0 Å². The predicted molar refractivity (Wildman–Crippen MR) is 116 cm³/mol. The van der Waals surface area contributed by atoms with Crippen molar-refractivity contribution in [2.24, 2.45) is 0 Å². The first-order valence-electron chi connectivity index (χ1n) is 9.67. The van der Waals surface area contributed by atoms with E-state index < -0.39 is 10.0 Å². The standard InChI is InChI=1S/C22H27N3O3S/c1-24-16-14-20(15-17-24)25(2)29(27,28)21-11-9-19(10-12-21)23-22(26)13-8-18-6-4-3-5-7-18/h3-13,20H,14-17H2,1-2H3,(H,23,26)/b13-8+. The molecular weight excluding hydrogens is 386 g/mol.